The summed E-state index contributed by atoms with van der Waals surface area (Å²) < 4.78 is 5.62. The van der Waals surface area contributed by atoms with E-state index in [0.29, 0.717) is 5.92 Å². The Balaban J connectivity index is 1.89. The third kappa shape index (κ3) is 3.49. The Hall–Kier alpha value is -2.04. The van der Waals surface area contributed by atoms with E-state index in [1.165, 1.54) is 0 Å². The molecule has 2 heterocycles. The molecule has 1 amide bonds. The minimum absolute atomic E-state index is 0.0698. The van der Waals surface area contributed by atoms with Gasteiger partial charge in [0.15, 0.2) is 0 Å². The highest BCUT2D eigenvalue weighted by Gasteiger charge is 2.33. The molecule has 2 aromatic rings. The SMILES string of the molecule is C[C@H]1CC[C@H](c2ccc3[nH]ncc3c2)N(C(=O)OC(C)(C)C)C1. The van der Waals surface area contributed by atoms with E-state index >= 15 is 0 Å². The van der Waals surface area contributed by atoms with Gasteiger partial charge < -0.3 is 9.64 Å². The quantitative estimate of drug-likeness (QED) is 0.855. The number of carbonyl (C=O) groups excluding carboxylic acids is 1. The normalized spacial score (nSPS) is 22.3. The Morgan fingerprint density at radius 1 is 1.35 bits per heavy atom. The smallest absolute Gasteiger partial charge is 0.410 e. The van der Waals surface area contributed by atoms with Crippen molar-refractivity contribution in [1.29, 1.82) is 0 Å². The summed E-state index contributed by atoms with van der Waals surface area (Å²) in [6.07, 6.45) is 3.68. The summed E-state index contributed by atoms with van der Waals surface area (Å²) in [6.45, 7) is 8.65. The standard InChI is InChI=1S/C18H25N3O2/c1-12-5-8-16(21(11-12)17(22)23-18(2,3)4)13-6-7-15-14(9-13)10-19-20-15/h6-7,9-10,12,16H,5,8,11H2,1-4H3,(H,19,20)/t12-,16+/m0/s1. The van der Waals surface area contributed by atoms with Gasteiger partial charge in [0.1, 0.15) is 5.60 Å². The highest BCUT2D eigenvalue weighted by atomic mass is 16.6. The average Bonchev–Trinajstić information content (AvgIpc) is 2.92. The van der Waals surface area contributed by atoms with Crippen LogP contribution in [0, 0.1) is 5.92 Å². The van der Waals surface area contributed by atoms with Gasteiger partial charge in [-0.15, -0.1) is 0 Å². The second-order valence-corrected chi connectivity index (χ2v) is 7.55. The Bertz CT molecular complexity index is 702. The van der Waals surface area contributed by atoms with Crippen molar-refractivity contribution in [1.82, 2.24) is 15.1 Å². The number of H-pyrrole nitrogens is 1. The first-order valence-electron chi connectivity index (χ1n) is 8.26. The van der Waals surface area contributed by atoms with Gasteiger partial charge >= 0.3 is 6.09 Å². The Morgan fingerprint density at radius 2 is 2.13 bits per heavy atom. The Labute approximate surface area is 137 Å². The first-order chi connectivity index (χ1) is 10.8. The number of aromatic amines is 1. The number of hydrogen-bond donors (Lipinski definition) is 1. The number of piperidine rings is 1. The van der Waals surface area contributed by atoms with E-state index in [1.807, 2.05) is 37.9 Å². The van der Waals surface area contributed by atoms with Crippen molar-refractivity contribution in [3.63, 3.8) is 0 Å². The van der Waals surface area contributed by atoms with Crippen LogP contribution in [-0.4, -0.2) is 33.3 Å². The monoisotopic (exact) mass is 315 g/mol. The molecule has 124 valence electrons. The number of likely N-dealkylation sites (tertiary alicyclic amines) is 1. The van der Waals surface area contributed by atoms with E-state index in [9.17, 15) is 4.79 Å². The summed E-state index contributed by atoms with van der Waals surface area (Å²) in [7, 11) is 0. The lowest BCUT2D eigenvalue weighted by Gasteiger charge is -2.39. The van der Waals surface area contributed by atoms with Gasteiger partial charge in [-0.1, -0.05) is 13.0 Å². The van der Waals surface area contributed by atoms with Gasteiger partial charge in [0.05, 0.1) is 17.8 Å². The van der Waals surface area contributed by atoms with E-state index in [1.54, 1.807) is 0 Å². The largest absolute Gasteiger partial charge is 0.444 e. The van der Waals surface area contributed by atoms with Crippen molar-refractivity contribution in [3.8, 4) is 0 Å². The maximum atomic E-state index is 12.6. The lowest BCUT2D eigenvalue weighted by molar-refractivity contribution is 0.00365. The van der Waals surface area contributed by atoms with Gasteiger partial charge in [-0.3, -0.25) is 5.10 Å². The maximum Gasteiger partial charge on any atom is 0.410 e. The number of fused-ring (bicyclic) bond motifs is 1. The van der Waals surface area contributed by atoms with Crippen LogP contribution in [0.5, 0.6) is 0 Å². The number of hydrogen-bond acceptors (Lipinski definition) is 3. The Kier molecular flexibility index (Phi) is 4.04. The number of benzene rings is 1. The lowest BCUT2D eigenvalue weighted by Crippen LogP contribution is -2.44. The minimum Gasteiger partial charge on any atom is -0.444 e. The number of nitrogens with zero attached hydrogens (tertiary/aromatic N) is 2. The van der Waals surface area contributed by atoms with Crippen LogP contribution in [0.3, 0.4) is 0 Å². The molecule has 1 aromatic heterocycles. The molecule has 0 aliphatic carbocycles. The number of amides is 1. The molecular formula is C18H25N3O2. The number of carbonyl (C=O) groups is 1. The molecule has 1 saturated heterocycles. The molecule has 1 N–H and O–H groups in total. The number of aromatic nitrogens is 2. The van der Waals surface area contributed by atoms with Crippen molar-refractivity contribution in [2.75, 3.05) is 6.54 Å². The summed E-state index contributed by atoms with van der Waals surface area (Å²) in [4.78, 5) is 14.5. The zero-order valence-corrected chi connectivity index (χ0v) is 14.3. The topological polar surface area (TPSA) is 58.2 Å². The van der Waals surface area contributed by atoms with Crippen molar-refractivity contribution in [2.45, 2.75) is 52.2 Å². The molecule has 23 heavy (non-hydrogen) atoms. The van der Waals surface area contributed by atoms with Gasteiger partial charge in [0, 0.05) is 11.9 Å². The average molecular weight is 315 g/mol. The molecule has 0 radical (unpaired) electrons. The van der Waals surface area contributed by atoms with Crippen LogP contribution in [-0.2, 0) is 4.74 Å². The second-order valence-electron chi connectivity index (χ2n) is 7.55. The molecule has 5 heteroatoms. The summed E-state index contributed by atoms with van der Waals surface area (Å²) >= 11 is 0. The van der Waals surface area contributed by atoms with Crippen molar-refractivity contribution < 1.29 is 9.53 Å². The maximum absolute atomic E-state index is 12.6. The number of ether oxygens (including phenoxy) is 1. The molecule has 0 saturated carbocycles. The molecule has 0 bridgehead atoms. The fraction of sp³-hybridized carbons (Fsp3) is 0.556. The molecule has 1 aliphatic rings. The van der Waals surface area contributed by atoms with Crippen molar-refractivity contribution >= 4 is 17.0 Å². The molecular weight excluding hydrogens is 290 g/mol. The zero-order valence-electron chi connectivity index (χ0n) is 14.3. The van der Waals surface area contributed by atoms with E-state index in [2.05, 4.69) is 29.3 Å². The van der Waals surface area contributed by atoms with E-state index in [4.69, 9.17) is 4.74 Å². The molecule has 1 aliphatic heterocycles. The van der Waals surface area contributed by atoms with Crippen LogP contribution in [0.4, 0.5) is 4.79 Å². The van der Waals surface area contributed by atoms with Gasteiger partial charge in [-0.05, 0) is 57.2 Å². The molecule has 0 unspecified atom stereocenters. The highest BCUT2D eigenvalue weighted by molar-refractivity contribution is 5.79. The minimum atomic E-state index is -0.475. The van der Waals surface area contributed by atoms with Gasteiger partial charge in [0.25, 0.3) is 0 Å². The number of rotatable bonds is 1. The van der Waals surface area contributed by atoms with E-state index < -0.39 is 5.60 Å². The van der Waals surface area contributed by atoms with Gasteiger partial charge in [-0.25, -0.2) is 4.79 Å². The predicted octanol–water partition coefficient (Wildman–Crippen LogP) is 4.27. The molecule has 0 spiro atoms. The molecule has 1 fully saturated rings. The van der Waals surface area contributed by atoms with Gasteiger partial charge in [-0.2, -0.15) is 5.10 Å². The van der Waals surface area contributed by atoms with Crippen LogP contribution in [0.15, 0.2) is 24.4 Å². The zero-order chi connectivity index (χ0) is 16.6. The van der Waals surface area contributed by atoms with Crippen molar-refractivity contribution in [3.05, 3.63) is 30.0 Å². The fourth-order valence-electron chi connectivity index (χ4n) is 3.19. The second kappa shape index (κ2) is 5.87. The fourth-order valence-corrected chi connectivity index (χ4v) is 3.19. The first-order valence-corrected chi connectivity index (χ1v) is 8.26. The van der Waals surface area contributed by atoms with E-state index in [-0.39, 0.29) is 12.1 Å². The lowest BCUT2D eigenvalue weighted by atomic mass is 9.90. The Morgan fingerprint density at radius 3 is 2.87 bits per heavy atom. The van der Waals surface area contributed by atoms with Crippen molar-refractivity contribution in [2.24, 2.45) is 5.92 Å². The summed E-state index contributed by atoms with van der Waals surface area (Å²) in [5.74, 6) is 0.497. The van der Waals surface area contributed by atoms with Gasteiger partial charge in [0.2, 0.25) is 0 Å². The third-order valence-electron chi connectivity index (χ3n) is 4.29. The van der Waals surface area contributed by atoms with Crippen LogP contribution < -0.4 is 0 Å². The molecule has 1 aromatic carbocycles. The summed E-state index contributed by atoms with van der Waals surface area (Å²) in [5.41, 5.74) is 1.69. The predicted molar refractivity (Wildman–Crippen MR) is 90.2 cm³/mol. The van der Waals surface area contributed by atoms with Crippen LogP contribution >= 0.6 is 0 Å². The summed E-state index contributed by atoms with van der Waals surface area (Å²) in [5, 5.41) is 8.11. The van der Waals surface area contributed by atoms with Crippen LogP contribution in [0.2, 0.25) is 0 Å². The van der Waals surface area contributed by atoms with Crippen LogP contribution in [0.1, 0.15) is 52.1 Å². The number of nitrogens with one attached hydrogen (secondary N) is 1. The highest BCUT2D eigenvalue weighted by Crippen LogP contribution is 2.35. The van der Waals surface area contributed by atoms with Crippen LogP contribution in [0.25, 0.3) is 10.9 Å². The molecule has 2 atom stereocenters. The molecule has 5 nitrogen and oxygen atoms in total. The third-order valence-corrected chi connectivity index (χ3v) is 4.29. The van der Waals surface area contributed by atoms with E-state index in [0.717, 1.165) is 35.9 Å². The molecule has 3 rings (SSSR count). The first kappa shape index (κ1) is 15.8. The summed E-state index contributed by atoms with van der Waals surface area (Å²) in [6, 6.07) is 6.30.